The van der Waals surface area contributed by atoms with E-state index >= 15 is 0 Å². The molecule has 0 atom stereocenters. The van der Waals surface area contributed by atoms with Crippen molar-refractivity contribution in [2.24, 2.45) is 0 Å². The molecule has 0 aliphatic carbocycles. The summed E-state index contributed by atoms with van der Waals surface area (Å²) in [5.74, 6) is 0.707. The van der Waals surface area contributed by atoms with Gasteiger partial charge in [-0.25, -0.2) is 4.98 Å². The number of aromatic nitrogens is 2. The highest BCUT2D eigenvalue weighted by molar-refractivity contribution is 5.76. The number of rotatable bonds is 1. The van der Waals surface area contributed by atoms with E-state index in [1.807, 2.05) is 29.5 Å². The van der Waals surface area contributed by atoms with Crippen molar-refractivity contribution in [3.05, 3.63) is 53.2 Å². The van der Waals surface area contributed by atoms with E-state index in [1.54, 1.807) is 0 Å². The fraction of sp³-hybridized carbons (Fsp3) is 0.188. The molecule has 0 aliphatic heterocycles. The number of fused-ring (bicyclic) bond motifs is 1. The van der Waals surface area contributed by atoms with Gasteiger partial charge >= 0.3 is 0 Å². The first-order valence-electron chi connectivity index (χ1n) is 6.38. The number of imidazole rings is 1. The van der Waals surface area contributed by atoms with Gasteiger partial charge in [0.1, 0.15) is 17.2 Å². The van der Waals surface area contributed by atoms with Crippen molar-refractivity contribution in [3.8, 4) is 11.3 Å². The fourth-order valence-electron chi connectivity index (χ4n) is 2.61. The summed E-state index contributed by atoms with van der Waals surface area (Å²) < 4.78 is 1.99. The number of hydrogen-bond acceptors (Lipinski definition) is 2. The molecular formula is C16H17N3. The molecule has 2 N–H and O–H groups in total. The molecule has 0 radical (unpaired) electrons. The Morgan fingerprint density at radius 2 is 1.68 bits per heavy atom. The Kier molecular flexibility index (Phi) is 2.56. The minimum Gasteiger partial charge on any atom is -0.383 e. The Bertz CT molecular complexity index is 749. The number of aryl methyl sites for hydroxylation is 3. The predicted octanol–water partition coefficient (Wildman–Crippen LogP) is 3.51. The monoisotopic (exact) mass is 251 g/mol. The maximum atomic E-state index is 6.27. The molecule has 19 heavy (non-hydrogen) atoms. The van der Waals surface area contributed by atoms with E-state index in [1.165, 1.54) is 11.1 Å². The van der Waals surface area contributed by atoms with Gasteiger partial charge in [0, 0.05) is 11.3 Å². The van der Waals surface area contributed by atoms with Crippen molar-refractivity contribution in [1.29, 1.82) is 0 Å². The van der Waals surface area contributed by atoms with Gasteiger partial charge in [-0.15, -0.1) is 0 Å². The van der Waals surface area contributed by atoms with E-state index in [9.17, 15) is 0 Å². The summed E-state index contributed by atoms with van der Waals surface area (Å²) in [5.41, 5.74) is 12.7. The van der Waals surface area contributed by atoms with Crippen LogP contribution in [-0.4, -0.2) is 9.38 Å². The van der Waals surface area contributed by atoms with Gasteiger partial charge in [0.2, 0.25) is 0 Å². The third kappa shape index (κ3) is 1.87. The molecule has 96 valence electrons. The molecule has 2 heterocycles. The average Bonchev–Trinajstić information content (AvgIpc) is 2.67. The van der Waals surface area contributed by atoms with Gasteiger partial charge < -0.3 is 5.73 Å². The Hall–Kier alpha value is -2.29. The molecule has 0 amide bonds. The van der Waals surface area contributed by atoms with Crippen LogP contribution in [0.2, 0.25) is 0 Å². The normalized spacial score (nSPS) is 11.1. The van der Waals surface area contributed by atoms with Crippen LogP contribution >= 0.6 is 0 Å². The Morgan fingerprint density at radius 3 is 2.32 bits per heavy atom. The lowest BCUT2D eigenvalue weighted by molar-refractivity contribution is 1.10. The minimum absolute atomic E-state index is 0.707. The van der Waals surface area contributed by atoms with Crippen molar-refractivity contribution in [1.82, 2.24) is 9.38 Å². The zero-order chi connectivity index (χ0) is 13.6. The van der Waals surface area contributed by atoms with Crippen molar-refractivity contribution >= 4 is 11.5 Å². The quantitative estimate of drug-likeness (QED) is 0.719. The summed E-state index contributed by atoms with van der Waals surface area (Å²) in [6.45, 7) is 6.22. The molecule has 0 saturated carbocycles. The predicted molar refractivity (Wildman–Crippen MR) is 79.3 cm³/mol. The minimum atomic E-state index is 0.707. The van der Waals surface area contributed by atoms with Crippen LogP contribution < -0.4 is 5.73 Å². The maximum Gasteiger partial charge on any atom is 0.139 e. The van der Waals surface area contributed by atoms with E-state index in [-0.39, 0.29) is 0 Å². The van der Waals surface area contributed by atoms with E-state index in [0.29, 0.717) is 5.82 Å². The van der Waals surface area contributed by atoms with Gasteiger partial charge in [-0.3, -0.25) is 4.40 Å². The van der Waals surface area contributed by atoms with Gasteiger partial charge in [-0.2, -0.15) is 0 Å². The molecule has 3 rings (SSSR count). The van der Waals surface area contributed by atoms with Crippen LogP contribution in [0.5, 0.6) is 0 Å². The van der Waals surface area contributed by atoms with Gasteiger partial charge in [-0.1, -0.05) is 23.3 Å². The van der Waals surface area contributed by atoms with Gasteiger partial charge in [0.05, 0.1) is 0 Å². The lowest BCUT2D eigenvalue weighted by atomic mass is 10.1. The van der Waals surface area contributed by atoms with E-state index < -0.39 is 0 Å². The summed E-state index contributed by atoms with van der Waals surface area (Å²) in [6.07, 6.45) is 0. The molecule has 0 spiro atoms. The molecule has 2 aromatic heterocycles. The number of benzene rings is 1. The first-order valence-corrected chi connectivity index (χ1v) is 6.38. The number of pyridine rings is 1. The standard InChI is InChI=1S/C16H17N3/c1-10-7-11(2)9-13(8-10)15-16(17)19-12(3)5-4-6-14(19)18-15/h4-9H,17H2,1-3H3. The van der Waals surface area contributed by atoms with Crippen LogP contribution in [0.15, 0.2) is 36.4 Å². The number of anilines is 1. The van der Waals surface area contributed by atoms with Crippen LogP contribution in [0.1, 0.15) is 16.8 Å². The van der Waals surface area contributed by atoms with Gasteiger partial charge in [-0.05, 0) is 45.0 Å². The lowest BCUT2D eigenvalue weighted by Gasteiger charge is -2.04. The van der Waals surface area contributed by atoms with E-state index in [0.717, 1.165) is 22.6 Å². The third-order valence-electron chi connectivity index (χ3n) is 3.37. The molecule has 0 fully saturated rings. The van der Waals surface area contributed by atoms with Gasteiger partial charge in [0.15, 0.2) is 0 Å². The average molecular weight is 251 g/mol. The highest BCUT2D eigenvalue weighted by Gasteiger charge is 2.12. The van der Waals surface area contributed by atoms with E-state index in [4.69, 9.17) is 5.73 Å². The number of nitrogens with zero attached hydrogens (tertiary/aromatic N) is 2. The van der Waals surface area contributed by atoms with Crippen LogP contribution in [0.4, 0.5) is 5.82 Å². The molecule has 0 saturated heterocycles. The molecule has 3 nitrogen and oxygen atoms in total. The lowest BCUT2D eigenvalue weighted by Crippen LogP contribution is -1.97. The second kappa shape index (κ2) is 4.12. The summed E-state index contributed by atoms with van der Waals surface area (Å²) in [5, 5.41) is 0. The summed E-state index contributed by atoms with van der Waals surface area (Å²) in [4.78, 5) is 4.66. The summed E-state index contributed by atoms with van der Waals surface area (Å²) >= 11 is 0. The second-order valence-electron chi connectivity index (χ2n) is 5.08. The molecule has 1 aromatic carbocycles. The highest BCUT2D eigenvalue weighted by Crippen LogP contribution is 2.28. The summed E-state index contributed by atoms with van der Waals surface area (Å²) in [6, 6.07) is 12.4. The second-order valence-corrected chi connectivity index (χ2v) is 5.08. The van der Waals surface area contributed by atoms with Crippen LogP contribution in [-0.2, 0) is 0 Å². The van der Waals surface area contributed by atoms with Crippen LogP contribution in [0.25, 0.3) is 16.9 Å². The number of nitrogens with two attached hydrogens (primary N) is 1. The Morgan fingerprint density at radius 1 is 1.00 bits per heavy atom. The SMILES string of the molecule is Cc1cc(C)cc(-c2nc3cccc(C)n3c2N)c1. The molecule has 0 aliphatic rings. The number of nitrogen functional groups attached to an aromatic ring is 1. The van der Waals surface area contributed by atoms with Crippen molar-refractivity contribution < 1.29 is 0 Å². The summed E-state index contributed by atoms with van der Waals surface area (Å²) in [7, 11) is 0. The smallest absolute Gasteiger partial charge is 0.139 e. The molecule has 3 heteroatoms. The largest absolute Gasteiger partial charge is 0.383 e. The molecular weight excluding hydrogens is 234 g/mol. The topological polar surface area (TPSA) is 43.3 Å². The molecule has 0 unspecified atom stereocenters. The Balaban J connectivity index is 2.31. The first-order chi connectivity index (χ1) is 9.06. The van der Waals surface area contributed by atoms with Crippen molar-refractivity contribution in [2.75, 3.05) is 5.73 Å². The van der Waals surface area contributed by atoms with Crippen molar-refractivity contribution in [2.45, 2.75) is 20.8 Å². The van der Waals surface area contributed by atoms with Crippen molar-refractivity contribution in [3.63, 3.8) is 0 Å². The van der Waals surface area contributed by atoms with Gasteiger partial charge in [0.25, 0.3) is 0 Å². The molecule has 3 aromatic rings. The number of hydrogen-bond donors (Lipinski definition) is 1. The zero-order valence-corrected chi connectivity index (χ0v) is 11.4. The highest BCUT2D eigenvalue weighted by atomic mass is 15.1. The first kappa shape index (κ1) is 11.8. The molecule has 0 bridgehead atoms. The van der Waals surface area contributed by atoms with Crippen LogP contribution in [0.3, 0.4) is 0 Å². The third-order valence-corrected chi connectivity index (χ3v) is 3.37. The maximum absolute atomic E-state index is 6.27. The fourth-order valence-corrected chi connectivity index (χ4v) is 2.61. The zero-order valence-electron chi connectivity index (χ0n) is 11.4. The Labute approximate surface area is 112 Å². The van der Waals surface area contributed by atoms with Crippen LogP contribution in [0, 0.1) is 20.8 Å². The van der Waals surface area contributed by atoms with E-state index in [2.05, 4.69) is 37.0 Å².